The molecule has 7 heteroatoms. The molecular formula is C22H22N4O2S. The maximum atomic E-state index is 5.75. The average molecular weight is 407 g/mol. The number of ether oxygens (including phenoxy) is 2. The summed E-state index contributed by atoms with van der Waals surface area (Å²) in [6.07, 6.45) is 0. The van der Waals surface area contributed by atoms with E-state index >= 15 is 0 Å². The lowest BCUT2D eigenvalue weighted by Crippen LogP contribution is -2.13. The summed E-state index contributed by atoms with van der Waals surface area (Å²) < 4.78 is 12.2. The molecular weight excluding hydrogens is 384 g/mol. The number of thiophene rings is 1. The first-order valence-corrected chi connectivity index (χ1v) is 10.2. The highest BCUT2D eigenvalue weighted by Gasteiger charge is 2.10. The van der Waals surface area contributed by atoms with Gasteiger partial charge in [-0.25, -0.2) is 4.98 Å². The summed E-state index contributed by atoms with van der Waals surface area (Å²) in [5.74, 6) is 3.09. The smallest absolute Gasteiger partial charge is 0.225 e. The topological polar surface area (TPSA) is 68.3 Å². The Morgan fingerprint density at radius 1 is 0.931 bits per heavy atom. The molecule has 0 aliphatic heterocycles. The average Bonchev–Trinajstić information content (AvgIpc) is 3.25. The Morgan fingerprint density at radius 2 is 1.76 bits per heavy atom. The minimum atomic E-state index is 0.546. The monoisotopic (exact) mass is 406 g/mol. The van der Waals surface area contributed by atoms with Crippen molar-refractivity contribution in [2.24, 2.45) is 0 Å². The van der Waals surface area contributed by atoms with Crippen molar-refractivity contribution in [2.45, 2.75) is 6.54 Å². The SMILES string of the molecule is COc1ccccc1CNc1nc(NCCOc2ccccc2)c2sccc2n1. The zero-order chi connectivity index (χ0) is 19.9. The van der Waals surface area contributed by atoms with E-state index in [9.17, 15) is 0 Å². The van der Waals surface area contributed by atoms with Crippen molar-refractivity contribution in [3.05, 3.63) is 71.6 Å². The molecule has 29 heavy (non-hydrogen) atoms. The largest absolute Gasteiger partial charge is 0.496 e. The molecule has 0 spiro atoms. The van der Waals surface area contributed by atoms with E-state index < -0.39 is 0 Å². The third kappa shape index (κ3) is 4.75. The first-order valence-electron chi connectivity index (χ1n) is 9.36. The molecule has 0 radical (unpaired) electrons. The van der Waals surface area contributed by atoms with Crippen molar-refractivity contribution in [2.75, 3.05) is 30.9 Å². The molecule has 0 aliphatic rings. The molecule has 2 aromatic carbocycles. The summed E-state index contributed by atoms with van der Waals surface area (Å²) in [6, 6.07) is 19.7. The number of hydrogen-bond acceptors (Lipinski definition) is 7. The zero-order valence-electron chi connectivity index (χ0n) is 16.1. The van der Waals surface area contributed by atoms with Crippen LogP contribution in [0.4, 0.5) is 11.8 Å². The number of anilines is 2. The fourth-order valence-electron chi connectivity index (χ4n) is 2.94. The molecule has 148 valence electrons. The van der Waals surface area contributed by atoms with Crippen molar-refractivity contribution >= 4 is 33.3 Å². The van der Waals surface area contributed by atoms with Gasteiger partial charge in [0.2, 0.25) is 5.95 Å². The van der Waals surface area contributed by atoms with Gasteiger partial charge in [-0.1, -0.05) is 36.4 Å². The second-order valence-electron chi connectivity index (χ2n) is 6.28. The maximum Gasteiger partial charge on any atom is 0.225 e. The van der Waals surface area contributed by atoms with E-state index in [-0.39, 0.29) is 0 Å². The minimum Gasteiger partial charge on any atom is -0.496 e. The van der Waals surface area contributed by atoms with Gasteiger partial charge in [0.1, 0.15) is 23.9 Å². The number of benzene rings is 2. The van der Waals surface area contributed by atoms with E-state index in [2.05, 4.69) is 20.6 Å². The van der Waals surface area contributed by atoms with Crippen LogP contribution < -0.4 is 20.1 Å². The highest BCUT2D eigenvalue weighted by molar-refractivity contribution is 7.17. The Hall–Kier alpha value is -3.32. The molecule has 2 aromatic heterocycles. The number of nitrogens with zero attached hydrogens (tertiary/aromatic N) is 2. The van der Waals surface area contributed by atoms with Crippen LogP contribution in [0.3, 0.4) is 0 Å². The molecule has 0 saturated carbocycles. The lowest BCUT2D eigenvalue weighted by molar-refractivity contribution is 0.333. The van der Waals surface area contributed by atoms with E-state index in [1.807, 2.05) is 66.0 Å². The number of methoxy groups -OCH3 is 1. The van der Waals surface area contributed by atoms with Gasteiger partial charge >= 0.3 is 0 Å². The quantitative estimate of drug-likeness (QED) is 0.389. The Balaban J connectivity index is 1.42. The molecule has 4 rings (SSSR count). The molecule has 0 unspecified atom stereocenters. The van der Waals surface area contributed by atoms with Gasteiger partial charge in [0, 0.05) is 12.1 Å². The van der Waals surface area contributed by atoms with Crippen LogP contribution >= 0.6 is 11.3 Å². The van der Waals surface area contributed by atoms with Crippen molar-refractivity contribution < 1.29 is 9.47 Å². The van der Waals surface area contributed by atoms with Crippen LogP contribution in [-0.2, 0) is 6.54 Å². The molecule has 2 N–H and O–H groups in total. The van der Waals surface area contributed by atoms with Crippen molar-refractivity contribution in [1.29, 1.82) is 0 Å². The van der Waals surface area contributed by atoms with Crippen LogP contribution in [0, 0.1) is 0 Å². The summed E-state index contributed by atoms with van der Waals surface area (Å²) in [6.45, 7) is 1.77. The van der Waals surface area contributed by atoms with E-state index in [4.69, 9.17) is 9.47 Å². The molecule has 4 aromatic rings. The van der Waals surface area contributed by atoms with Crippen LogP contribution in [0.5, 0.6) is 11.5 Å². The van der Waals surface area contributed by atoms with E-state index in [0.717, 1.165) is 33.1 Å². The standard InChI is InChI=1S/C22H22N4O2S/c1-27-19-10-6-5-7-16(19)15-24-22-25-18-11-14-29-20(18)21(26-22)23-12-13-28-17-8-3-2-4-9-17/h2-11,14H,12-13,15H2,1H3,(H2,23,24,25,26). The van der Waals surface area contributed by atoms with Crippen LogP contribution in [0.2, 0.25) is 0 Å². The van der Waals surface area contributed by atoms with Crippen molar-refractivity contribution in [1.82, 2.24) is 9.97 Å². The number of fused-ring (bicyclic) bond motifs is 1. The summed E-state index contributed by atoms with van der Waals surface area (Å²) in [7, 11) is 1.67. The number of rotatable bonds is 9. The first-order chi connectivity index (χ1) is 14.3. The highest BCUT2D eigenvalue weighted by atomic mass is 32.1. The third-order valence-electron chi connectivity index (χ3n) is 4.34. The molecule has 0 aliphatic carbocycles. The van der Waals surface area contributed by atoms with Gasteiger partial charge in [-0.3, -0.25) is 0 Å². The zero-order valence-corrected chi connectivity index (χ0v) is 16.9. The fraction of sp³-hybridized carbons (Fsp3) is 0.182. The summed E-state index contributed by atoms with van der Waals surface area (Å²) >= 11 is 1.62. The second kappa shape index (κ2) is 9.25. The van der Waals surface area contributed by atoms with Gasteiger partial charge < -0.3 is 20.1 Å². The van der Waals surface area contributed by atoms with Crippen LogP contribution in [-0.4, -0.2) is 30.2 Å². The van der Waals surface area contributed by atoms with Crippen molar-refractivity contribution in [3.63, 3.8) is 0 Å². The summed E-state index contributed by atoms with van der Waals surface area (Å²) in [5.41, 5.74) is 1.97. The molecule has 0 atom stereocenters. The van der Waals surface area contributed by atoms with Gasteiger partial charge in [-0.15, -0.1) is 11.3 Å². The van der Waals surface area contributed by atoms with E-state index in [1.165, 1.54) is 0 Å². The minimum absolute atomic E-state index is 0.546. The predicted molar refractivity (Wildman–Crippen MR) is 118 cm³/mol. The van der Waals surface area contributed by atoms with E-state index in [0.29, 0.717) is 25.6 Å². The Labute approximate surface area is 173 Å². The molecule has 0 bridgehead atoms. The normalized spacial score (nSPS) is 10.7. The number of hydrogen-bond donors (Lipinski definition) is 2. The number of aromatic nitrogens is 2. The Kier molecular flexibility index (Phi) is 6.07. The van der Waals surface area contributed by atoms with Gasteiger partial charge in [0.05, 0.1) is 23.9 Å². The Morgan fingerprint density at radius 3 is 2.62 bits per heavy atom. The molecule has 0 amide bonds. The van der Waals surface area contributed by atoms with Crippen molar-refractivity contribution in [3.8, 4) is 11.5 Å². The molecule has 0 saturated heterocycles. The lowest BCUT2D eigenvalue weighted by Gasteiger charge is -2.12. The van der Waals surface area contributed by atoms with Gasteiger partial charge in [-0.05, 0) is 29.6 Å². The molecule has 6 nitrogen and oxygen atoms in total. The summed E-state index contributed by atoms with van der Waals surface area (Å²) in [4.78, 5) is 9.29. The van der Waals surface area contributed by atoms with Gasteiger partial charge in [0.25, 0.3) is 0 Å². The molecule has 0 fully saturated rings. The van der Waals surface area contributed by atoms with Crippen LogP contribution in [0.25, 0.3) is 10.2 Å². The highest BCUT2D eigenvalue weighted by Crippen LogP contribution is 2.27. The molecule has 2 heterocycles. The second-order valence-corrected chi connectivity index (χ2v) is 7.20. The lowest BCUT2D eigenvalue weighted by atomic mass is 10.2. The van der Waals surface area contributed by atoms with Gasteiger partial charge in [0.15, 0.2) is 0 Å². The van der Waals surface area contributed by atoms with Crippen LogP contribution in [0.1, 0.15) is 5.56 Å². The third-order valence-corrected chi connectivity index (χ3v) is 5.25. The first kappa shape index (κ1) is 19.0. The van der Waals surface area contributed by atoms with Crippen LogP contribution in [0.15, 0.2) is 66.0 Å². The number of para-hydroxylation sites is 2. The number of nitrogens with one attached hydrogen (secondary N) is 2. The Bertz CT molecular complexity index is 1070. The van der Waals surface area contributed by atoms with E-state index in [1.54, 1.807) is 18.4 Å². The predicted octanol–water partition coefficient (Wildman–Crippen LogP) is 4.80. The summed E-state index contributed by atoms with van der Waals surface area (Å²) in [5, 5.41) is 8.70. The maximum absolute atomic E-state index is 5.75. The van der Waals surface area contributed by atoms with Gasteiger partial charge in [-0.2, -0.15) is 4.98 Å². The fourth-order valence-corrected chi connectivity index (χ4v) is 3.74.